The molecule has 0 unspecified atom stereocenters. The summed E-state index contributed by atoms with van der Waals surface area (Å²) in [6.07, 6.45) is 0.814. The molecule has 0 aliphatic carbocycles. The molecule has 0 spiro atoms. The zero-order valence-corrected chi connectivity index (χ0v) is 4.83. The van der Waals surface area contributed by atoms with Crippen LogP contribution in [0.1, 0.15) is 6.92 Å². The van der Waals surface area contributed by atoms with Crippen LogP contribution in [0.15, 0.2) is 5.16 Å². The van der Waals surface area contributed by atoms with Gasteiger partial charge in [0.15, 0.2) is 6.29 Å². The normalized spacial score (nSPS) is 10.1. The quantitative estimate of drug-likeness (QED) is 0.235. The molecule has 0 saturated carbocycles. The SMILES string of the molecule is CC(C=O)=NONC=O. The van der Waals surface area contributed by atoms with Crippen molar-refractivity contribution in [3.8, 4) is 0 Å². The van der Waals surface area contributed by atoms with E-state index in [0.29, 0.717) is 12.7 Å². The van der Waals surface area contributed by atoms with Crippen LogP contribution in [-0.4, -0.2) is 18.4 Å². The molecule has 0 radical (unpaired) electrons. The lowest BCUT2D eigenvalue weighted by atomic mass is 10.5. The molecule has 0 heterocycles. The number of carbonyl (C=O) groups excluding carboxylic acids is 2. The van der Waals surface area contributed by atoms with Crippen molar-refractivity contribution in [3.63, 3.8) is 0 Å². The monoisotopic (exact) mass is 130 g/mol. The van der Waals surface area contributed by atoms with E-state index in [0.717, 1.165) is 0 Å². The van der Waals surface area contributed by atoms with E-state index in [-0.39, 0.29) is 5.71 Å². The Balaban J connectivity index is 3.42. The number of rotatable bonds is 4. The van der Waals surface area contributed by atoms with Gasteiger partial charge in [-0.25, -0.2) is 0 Å². The Kier molecular flexibility index (Phi) is 4.03. The Labute approximate surface area is 51.6 Å². The molecule has 0 rings (SSSR count). The number of hydroxylamine groups is 1. The number of hydrogen-bond acceptors (Lipinski definition) is 4. The summed E-state index contributed by atoms with van der Waals surface area (Å²) < 4.78 is 0. The van der Waals surface area contributed by atoms with Crippen LogP contribution in [0.4, 0.5) is 0 Å². The summed E-state index contributed by atoms with van der Waals surface area (Å²) >= 11 is 0. The van der Waals surface area contributed by atoms with Gasteiger partial charge in [0, 0.05) is 0 Å². The number of hydrogen-bond donors (Lipinski definition) is 1. The van der Waals surface area contributed by atoms with E-state index in [1.54, 1.807) is 5.48 Å². The van der Waals surface area contributed by atoms with E-state index in [1.807, 2.05) is 0 Å². The average Bonchev–Trinajstić information content (AvgIpc) is 1.89. The fraction of sp³-hybridized carbons (Fsp3) is 0.250. The largest absolute Gasteiger partial charge is 0.296 e. The molecule has 0 atom stereocenters. The fourth-order valence-corrected chi connectivity index (χ4v) is 0.141. The molecule has 0 aromatic carbocycles. The number of oxime groups is 1. The molecule has 9 heavy (non-hydrogen) atoms. The highest BCUT2D eigenvalue weighted by molar-refractivity contribution is 6.26. The minimum atomic E-state index is 0.157. The fourth-order valence-electron chi connectivity index (χ4n) is 0.141. The number of nitrogens with zero attached hydrogens (tertiary/aromatic N) is 1. The van der Waals surface area contributed by atoms with Gasteiger partial charge in [-0.2, -0.15) is 5.48 Å². The average molecular weight is 130 g/mol. The summed E-state index contributed by atoms with van der Waals surface area (Å²) in [5, 5.41) is 3.14. The van der Waals surface area contributed by atoms with Gasteiger partial charge in [-0.1, -0.05) is 5.16 Å². The van der Waals surface area contributed by atoms with Crippen LogP contribution >= 0.6 is 0 Å². The highest BCUT2D eigenvalue weighted by Gasteiger charge is 1.83. The third kappa shape index (κ3) is 4.46. The van der Waals surface area contributed by atoms with Crippen LogP contribution in [0.3, 0.4) is 0 Å². The van der Waals surface area contributed by atoms with E-state index in [9.17, 15) is 9.59 Å². The first-order chi connectivity index (χ1) is 4.31. The summed E-state index contributed by atoms with van der Waals surface area (Å²) in [5.74, 6) is 0. The third-order valence-electron chi connectivity index (χ3n) is 0.461. The van der Waals surface area contributed by atoms with E-state index >= 15 is 0 Å². The molecule has 0 bridgehead atoms. The first-order valence-electron chi connectivity index (χ1n) is 2.16. The molecule has 0 saturated heterocycles. The van der Waals surface area contributed by atoms with Crippen molar-refractivity contribution in [2.45, 2.75) is 6.92 Å². The molecule has 0 aliphatic heterocycles. The van der Waals surface area contributed by atoms with Crippen LogP contribution in [0.5, 0.6) is 0 Å². The summed E-state index contributed by atoms with van der Waals surface area (Å²) in [4.78, 5) is 23.3. The predicted molar refractivity (Wildman–Crippen MR) is 29.5 cm³/mol. The molecular formula is C4H6N2O3. The Hall–Kier alpha value is -1.39. The van der Waals surface area contributed by atoms with Crippen molar-refractivity contribution in [2.75, 3.05) is 0 Å². The number of nitrogens with one attached hydrogen (secondary N) is 1. The van der Waals surface area contributed by atoms with Crippen LogP contribution in [0.2, 0.25) is 0 Å². The topological polar surface area (TPSA) is 67.8 Å². The molecule has 0 aliphatic rings. The molecule has 1 amide bonds. The van der Waals surface area contributed by atoms with Gasteiger partial charge in [0.05, 0.1) is 0 Å². The van der Waals surface area contributed by atoms with Crippen LogP contribution < -0.4 is 5.48 Å². The Morgan fingerprint density at radius 2 is 2.33 bits per heavy atom. The molecule has 5 heteroatoms. The minimum Gasteiger partial charge on any atom is -0.296 e. The maximum atomic E-state index is 9.77. The molecule has 0 fully saturated rings. The smallest absolute Gasteiger partial charge is 0.241 e. The molecule has 0 aromatic heterocycles. The lowest BCUT2D eigenvalue weighted by Gasteiger charge is -1.89. The lowest BCUT2D eigenvalue weighted by Crippen LogP contribution is -2.08. The molecule has 1 N–H and O–H groups in total. The second kappa shape index (κ2) is 4.76. The van der Waals surface area contributed by atoms with Crippen molar-refractivity contribution in [3.05, 3.63) is 0 Å². The van der Waals surface area contributed by atoms with Crippen molar-refractivity contribution in [1.82, 2.24) is 5.48 Å². The van der Waals surface area contributed by atoms with E-state index in [2.05, 4.69) is 10.1 Å². The highest BCUT2D eigenvalue weighted by atomic mass is 16.8. The first-order valence-corrected chi connectivity index (χ1v) is 2.16. The van der Waals surface area contributed by atoms with E-state index in [4.69, 9.17) is 0 Å². The van der Waals surface area contributed by atoms with Gasteiger partial charge in [0.1, 0.15) is 5.71 Å². The second-order valence-corrected chi connectivity index (χ2v) is 1.18. The zero-order valence-electron chi connectivity index (χ0n) is 4.83. The standard InChI is InChI=1S/C4H6N2O3/c1-4(2-7)6-9-5-3-8/h2-3H,1H3,(H,5,8). The Morgan fingerprint density at radius 3 is 2.78 bits per heavy atom. The van der Waals surface area contributed by atoms with E-state index < -0.39 is 0 Å². The number of amides is 1. The molecule has 0 aromatic rings. The van der Waals surface area contributed by atoms with E-state index in [1.165, 1.54) is 6.92 Å². The van der Waals surface area contributed by atoms with Crippen molar-refractivity contribution >= 4 is 18.4 Å². The van der Waals surface area contributed by atoms with Gasteiger partial charge < -0.3 is 0 Å². The maximum absolute atomic E-state index is 9.77. The van der Waals surface area contributed by atoms with Crippen molar-refractivity contribution in [1.29, 1.82) is 0 Å². The summed E-state index contributed by atoms with van der Waals surface area (Å²) in [6, 6.07) is 0. The predicted octanol–water partition coefficient (Wildman–Crippen LogP) is -0.761. The molecular weight excluding hydrogens is 124 g/mol. The van der Waals surface area contributed by atoms with Gasteiger partial charge in [-0.05, 0) is 6.92 Å². The van der Waals surface area contributed by atoms with Crippen molar-refractivity contribution < 1.29 is 14.5 Å². The number of aldehydes is 1. The minimum absolute atomic E-state index is 0.157. The summed E-state index contributed by atoms with van der Waals surface area (Å²) in [5.41, 5.74) is 1.94. The van der Waals surface area contributed by atoms with Gasteiger partial charge >= 0.3 is 0 Å². The third-order valence-corrected chi connectivity index (χ3v) is 0.461. The Bertz CT molecular complexity index is 132. The van der Waals surface area contributed by atoms with Gasteiger partial charge in [0.2, 0.25) is 6.41 Å². The van der Waals surface area contributed by atoms with Gasteiger partial charge in [-0.3, -0.25) is 14.5 Å². The van der Waals surface area contributed by atoms with Crippen LogP contribution in [-0.2, 0) is 14.5 Å². The lowest BCUT2D eigenvalue weighted by molar-refractivity contribution is -0.120. The highest BCUT2D eigenvalue weighted by Crippen LogP contribution is 1.70. The summed E-state index contributed by atoms with van der Waals surface area (Å²) in [7, 11) is 0. The van der Waals surface area contributed by atoms with Gasteiger partial charge in [-0.15, -0.1) is 0 Å². The first kappa shape index (κ1) is 7.61. The van der Waals surface area contributed by atoms with Crippen molar-refractivity contribution in [2.24, 2.45) is 5.16 Å². The van der Waals surface area contributed by atoms with Gasteiger partial charge in [0.25, 0.3) is 0 Å². The molecule has 50 valence electrons. The van der Waals surface area contributed by atoms with Crippen LogP contribution in [0, 0.1) is 0 Å². The second-order valence-electron chi connectivity index (χ2n) is 1.18. The number of carbonyl (C=O) groups is 2. The Morgan fingerprint density at radius 1 is 1.67 bits per heavy atom. The molecule has 5 nitrogen and oxygen atoms in total. The maximum Gasteiger partial charge on any atom is 0.241 e. The van der Waals surface area contributed by atoms with Crippen LogP contribution in [0.25, 0.3) is 0 Å². The summed E-state index contributed by atoms with van der Waals surface area (Å²) in [6.45, 7) is 1.44. The zero-order chi connectivity index (χ0) is 7.11.